The summed E-state index contributed by atoms with van der Waals surface area (Å²) in [5, 5.41) is -1.65. The Balaban J connectivity index is -0.000000320. The molecular formula is CH5KO6S2. The van der Waals surface area contributed by atoms with Crippen molar-refractivity contribution in [1.29, 1.82) is 0 Å². The second-order valence-corrected chi connectivity index (χ2v) is 4.55. The summed E-state index contributed by atoms with van der Waals surface area (Å²) in [4.78, 5) is 0. The van der Waals surface area contributed by atoms with Gasteiger partial charge in [-0.25, -0.2) is 0 Å². The van der Waals surface area contributed by atoms with Crippen LogP contribution in [0.15, 0.2) is 0 Å². The molecule has 6 nitrogen and oxygen atoms in total. The Labute approximate surface area is 102 Å². The molecule has 0 amide bonds. The minimum Gasteiger partial charge on any atom is -1.00 e. The molecule has 0 rings (SSSR count). The van der Waals surface area contributed by atoms with Gasteiger partial charge in [-0.15, -0.1) is 0 Å². The van der Waals surface area contributed by atoms with Crippen molar-refractivity contribution in [1.82, 2.24) is 0 Å². The average Bonchev–Trinajstić information content (AvgIpc) is 1.14. The minimum absolute atomic E-state index is 0. The fraction of sp³-hybridized carbons (Fsp3) is 1.00. The van der Waals surface area contributed by atoms with Crippen LogP contribution in [-0.2, 0) is 20.2 Å². The Morgan fingerprint density at radius 1 is 1.00 bits per heavy atom. The van der Waals surface area contributed by atoms with Crippen molar-refractivity contribution in [2.45, 2.75) is 0 Å². The van der Waals surface area contributed by atoms with Gasteiger partial charge in [0.1, 0.15) is 0 Å². The van der Waals surface area contributed by atoms with E-state index in [1.807, 2.05) is 0 Å². The summed E-state index contributed by atoms with van der Waals surface area (Å²) >= 11 is 0. The van der Waals surface area contributed by atoms with Crippen molar-refractivity contribution in [2.75, 3.05) is 5.08 Å². The second kappa shape index (κ2) is 4.47. The molecule has 0 bridgehead atoms. The van der Waals surface area contributed by atoms with E-state index in [4.69, 9.17) is 9.11 Å². The van der Waals surface area contributed by atoms with Crippen LogP contribution < -0.4 is 51.4 Å². The quantitative estimate of drug-likeness (QED) is 0.358. The van der Waals surface area contributed by atoms with Gasteiger partial charge in [-0.1, -0.05) is 0 Å². The topological polar surface area (TPSA) is 109 Å². The maximum Gasteiger partial charge on any atom is 1.00 e. The average molecular weight is 216 g/mol. The predicted molar refractivity (Wildman–Crippen MR) is 29.1 cm³/mol. The summed E-state index contributed by atoms with van der Waals surface area (Å²) in [7, 11) is -9.24. The number of hydrogen-bond donors (Lipinski definition) is 2. The maximum absolute atomic E-state index is 9.66. The zero-order valence-corrected chi connectivity index (χ0v) is 9.81. The monoisotopic (exact) mass is 216 g/mol. The van der Waals surface area contributed by atoms with Crippen molar-refractivity contribution in [2.24, 2.45) is 0 Å². The third kappa shape index (κ3) is 12.2. The molecule has 2 N–H and O–H groups in total. The molecule has 0 aliphatic carbocycles. The number of rotatable bonds is 2. The molecule has 0 fully saturated rings. The van der Waals surface area contributed by atoms with E-state index in [-0.39, 0.29) is 52.8 Å². The van der Waals surface area contributed by atoms with Crippen LogP contribution in [0.2, 0.25) is 0 Å². The fourth-order valence-corrected chi connectivity index (χ4v) is 1.69. The van der Waals surface area contributed by atoms with Crippen LogP contribution in [0.25, 0.3) is 0 Å². The van der Waals surface area contributed by atoms with E-state index in [0.29, 0.717) is 0 Å². The first-order valence-corrected chi connectivity index (χ1v) is 4.83. The van der Waals surface area contributed by atoms with Crippen LogP contribution >= 0.6 is 0 Å². The smallest absolute Gasteiger partial charge is 1.00 e. The van der Waals surface area contributed by atoms with Crippen molar-refractivity contribution in [3.05, 3.63) is 0 Å². The van der Waals surface area contributed by atoms with Crippen molar-refractivity contribution in [3.63, 3.8) is 0 Å². The molecule has 0 aromatic carbocycles. The molecule has 0 aromatic heterocycles. The van der Waals surface area contributed by atoms with E-state index in [9.17, 15) is 16.8 Å². The predicted octanol–water partition coefficient (Wildman–Crippen LogP) is -4.16. The molecule has 0 heterocycles. The SMILES string of the molecule is O=S(=O)(O)CS(=O)(=O)O.[H-].[K+]. The van der Waals surface area contributed by atoms with Crippen LogP contribution in [-0.4, -0.2) is 31.0 Å². The Kier molecular flexibility index (Phi) is 6.27. The Hall–Kier alpha value is 1.46. The van der Waals surface area contributed by atoms with Gasteiger partial charge in [-0.2, -0.15) is 16.8 Å². The molecule has 10 heavy (non-hydrogen) atoms. The standard InChI is InChI=1S/CH4O6S2.K.H/c2-8(3,4)1-9(5,6)7;;/h1H2,(H,2,3,4)(H,5,6,7);;/q;+1;-1. The normalized spacial score (nSPS) is 12.2. The molecule has 0 radical (unpaired) electrons. The first kappa shape index (κ1) is 14.0. The van der Waals surface area contributed by atoms with Gasteiger partial charge < -0.3 is 1.43 Å². The van der Waals surface area contributed by atoms with Crippen LogP contribution in [0, 0.1) is 0 Å². The summed E-state index contributed by atoms with van der Waals surface area (Å²) < 4.78 is 54.2. The first-order chi connectivity index (χ1) is 3.71. The molecule has 0 aliphatic rings. The molecule has 58 valence electrons. The van der Waals surface area contributed by atoms with E-state index < -0.39 is 25.3 Å². The summed E-state index contributed by atoms with van der Waals surface area (Å²) in [6.07, 6.45) is 0. The van der Waals surface area contributed by atoms with Crippen molar-refractivity contribution in [3.8, 4) is 0 Å². The van der Waals surface area contributed by atoms with Gasteiger partial charge in [0.25, 0.3) is 20.2 Å². The molecule has 9 heteroatoms. The van der Waals surface area contributed by atoms with E-state index >= 15 is 0 Å². The molecular weight excluding hydrogens is 211 g/mol. The Bertz CT molecular complexity index is 246. The zero-order valence-electron chi connectivity index (χ0n) is 6.05. The molecule has 0 saturated carbocycles. The summed E-state index contributed by atoms with van der Waals surface area (Å²) in [5.41, 5.74) is 0. The molecule has 0 unspecified atom stereocenters. The summed E-state index contributed by atoms with van der Waals surface area (Å²) in [5.74, 6) is 0. The van der Waals surface area contributed by atoms with Gasteiger partial charge in [-0.05, 0) is 0 Å². The zero-order chi connectivity index (χ0) is 7.71. The van der Waals surface area contributed by atoms with Crippen LogP contribution in [0.3, 0.4) is 0 Å². The summed E-state index contributed by atoms with van der Waals surface area (Å²) in [6, 6.07) is 0. The first-order valence-electron chi connectivity index (χ1n) is 1.61. The van der Waals surface area contributed by atoms with Gasteiger partial charge in [0.2, 0.25) is 5.08 Å². The molecule has 0 spiro atoms. The molecule has 0 aromatic rings. The third-order valence-electron chi connectivity index (χ3n) is 0.298. The van der Waals surface area contributed by atoms with E-state index in [2.05, 4.69) is 0 Å². The van der Waals surface area contributed by atoms with E-state index in [0.717, 1.165) is 0 Å². The van der Waals surface area contributed by atoms with Crippen LogP contribution in [0.1, 0.15) is 1.43 Å². The van der Waals surface area contributed by atoms with Crippen molar-refractivity contribution < 1.29 is 78.8 Å². The van der Waals surface area contributed by atoms with Crippen molar-refractivity contribution >= 4 is 20.2 Å². The van der Waals surface area contributed by atoms with Gasteiger partial charge in [0, 0.05) is 0 Å². The molecule has 0 saturated heterocycles. The Morgan fingerprint density at radius 2 is 1.20 bits per heavy atom. The van der Waals surface area contributed by atoms with Gasteiger partial charge >= 0.3 is 51.4 Å². The van der Waals surface area contributed by atoms with E-state index in [1.54, 1.807) is 0 Å². The second-order valence-electron chi connectivity index (χ2n) is 1.28. The molecule has 0 atom stereocenters. The van der Waals surface area contributed by atoms with Gasteiger partial charge in [-0.3, -0.25) is 9.11 Å². The molecule has 0 aliphatic heterocycles. The van der Waals surface area contributed by atoms with Gasteiger partial charge in [0.15, 0.2) is 0 Å². The van der Waals surface area contributed by atoms with E-state index in [1.165, 1.54) is 0 Å². The third-order valence-corrected chi connectivity index (χ3v) is 2.68. The fourth-order valence-electron chi connectivity index (χ4n) is 0.188. The summed E-state index contributed by atoms with van der Waals surface area (Å²) in [6.45, 7) is 0. The van der Waals surface area contributed by atoms with Gasteiger partial charge in [0.05, 0.1) is 0 Å². The van der Waals surface area contributed by atoms with Crippen LogP contribution in [0.5, 0.6) is 0 Å². The Morgan fingerprint density at radius 3 is 1.20 bits per heavy atom. The largest absolute Gasteiger partial charge is 1.00 e. The van der Waals surface area contributed by atoms with Crippen LogP contribution in [0.4, 0.5) is 0 Å². The maximum atomic E-state index is 9.66. The number of hydrogen-bond acceptors (Lipinski definition) is 4. The minimum atomic E-state index is -4.62.